The van der Waals surface area contributed by atoms with Crippen LogP contribution >= 0.6 is 0 Å². The average molecular weight is 434 g/mol. The molecule has 32 heavy (non-hydrogen) atoms. The molecule has 3 aromatic rings. The van der Waals surface area contributed by atoms with Gasteiger partial charge in [-0.25, -0.2) is 9.97 Å². The molecule has 8 heteroatoms. The van der Waals surface area contributed by atoms with Crippen LogP contribution in [-0.2, 0) is 15.9 Å². The third-order valence-electron chi connectivity index (χ3n) is 4.84. The van der Waals surface area contributed by atoms with Gasteiger partial charge in [-0.05, 0) is 30.3 Å². The second-order valence-corrected chi connectivity index (χ2v) is 6.72. The van der Waals surface area contributed by atoms with E-state index in [0.29, 0.717) is 29.3 Å². The van der Waals surface area contributed by atoms with E-state index in [1.807, 2.05) is 38.1 Å². The van der Waals surface area contributed by atoms with Gasteiger partial charge in [-0.15, -0.1) is 0 Å². The Morgan fingerprint density at radius 3 is 2.62 bits per heavy atom. The Morgan fingerprint density at radius 1 is 1.12 bits per heavy atom. The zero-order valence-electron chi connectivity index (χ0n) is 18.6. The fourth-order valence-corrected chi connectivity index (χ4v) is 3.40. The predicted molar refractivity (Wildman–Crippen MR) is 125 cm³/mol. The first-order valence-electron chi connectivity index (χ1n) is 10.4. The van der Waals surface area contributed by atoms with Crippen molar-refractivity contribution in [2.24, 2.45) is 0 Å². The van der Waals surface area contributed by atoms with Crippen LogP contribution in [0, 0.1) is 0 Å². The summed E-state index contributed by atoms with van der Waals surface area (Å²) >= 11 is 0. The van der Waals surface area contributed by atoms with Gasteiger partial charge in [0.25, 0.3) is 5.91 Å². The lowest BCUT2D eigenvalue weighted by Gasteiger charge is -2.24. The summed E-state index contributed by atoms with van der Waals surface area (Å²) in [6, 6.07) is 12.6. The number of nitrogens with two attached hydrogens (primary N) is 1. The van der Waals surface area contributed by atoms with E-state index < -0.39 is 0 Å². The van der Waals surface area contributed by atoms with Gasteiger partial charge < -0.3 is 20.5 Å². The van der Waals surface area contributed by atoms with Gasteiger partial charge in [-0.3, -0.25) is 9.78 Å². The minimum atomic E-state index is -0.290. The van der Waals surface area contributed by atoms with Crippen molar-refractivity contribution < 1.29 is 14.3 Å². The molecule has 0 saturated carbocycles. The minimum absolute atomic E-state index is 0.177. The van der Waals surface area contributed by atoms with E-state index in [0.717, 1.165) is 16.8 Å². The van der Waals surface area contributed by atoms with Crippen LogP contribution in [0.3, 0.4) is 0 Å². The highest BCUT2D eigenvalue weighted by molar-refractivity contribution is 6.03. The number of pyridine rings is 1. The van der Waals surface area contributed by atoms with E-state index in [1.165, 1.54) is 0 Å². The van der Waals surface area contributed by atoms with Crippen molar-refractivity contribution in [3.05, 3.63) is 71.4 Å². The summed E-state index contributed by atoms with van der Waals surface area (Å²) in [5.41, 5.74) is 10.00. The molecule has 8 nitrogen and oxygen atoms in total. The Kier molecular flexibility index (Phi) is 7.51. The Labute approximate surface area is 187 Å². The van der Waals surface area contributed by atoms with Crippen molar-refractivity contribution in [3.8, 4) is 11.3 Å². The van der Waals surface area contributed by atoms with E-state index >= 15 is 0 Å². The molecule has 3 N–H and O–H groups in total. The van der Waals surface area contributed by atoms with Crippen LogP contribution in [0.1, 0.15) is 35.6 Å². The third kappa shape index (κ3) is 4.92. The maximum absolute atomic E-state index is 12.4. The van der Waals surface area contributed by atoms with E-state index in [2.05, 4.69) is 20.3 Å². The van der Waals surface area contributed by atoms with Crippen molar-refractivity contribution in [1.82, 2.24) is 15.0 Å². The van der Waals surface area contributed by atoms with Crippen LogP contribution in [0.15, 0.2) is 54.4 Å². The number of fused-ring (bicyclic) bond motifs is 1. The molecule has 0 aliphatic heterocycles. The van der Waals surface area contributed by atoms with Crippen molar-refractivity contribution >= 4 is 23.6 Å². The third-order valence-corrected chi connectivity index (χ3v) is 4.84. The average Bonchev–Trinajstić information content (AvgIpc) is 2.84. The molecule has 1 aliphatic rings. The number of hydrogen-bond acceptors (Lipinski definition) is 7. The van der Waals surface area contributed by atoms with Crippen LogP contribution in [0.25, 0.3) is 17.3 Å². The molecule has 2 aromatic heterocycles. The lowest BCUT2D eigenvalue weighted by molar-refractivity contribution is 0.0787. The van der Waals surface area contributed by atoms with Crippen LogP contribution in [0.4, 0.5) is 11.6 Å². The summed E-state index contributed by atoms with van der Waals surface area (Å²) in [6.07, 6.45) is 3.75. The number of nitrogens with one attached hydrogen (secondary N) is 1. The number of methoxy groups -OCH3 is 2. The lowest BCUT2D eigenvalue weighted by atomic mass is 9.94. The van der Waals surface area contributed by atoms with Gasteiger partial charge in [0.15, 0.2) is 0 Å². The standard InChI is InChI=1S/C22H21N5O3.C2H6/c1-29-18-11-15-17(12-19(18)30-2)26-22(23)27-20(15)13-6-5-7-14(10-13)25-21(28)16-8-3-4-9-24-16;1-2/h3-11,19H,12H2,1-2H3,(H,25,28)(H2,23,26,27);1-2H3. The van der Waals surface area contributed by atoms with E-state index in [9.17, 15) is 4.79 Å². The lowest BCUT2D eigenvalue weighted by Crippen LogP contribution is -2.24. The maximum atomic E-state index is 12.4. The first-order valence-corrected chi connectivity index (χ1v) is 10.4. The number of carbonyl (C=O) groups is 1. The summed E-state index contributed by atoms with van der Waals surface area (Å²) in [5, 5.41) is 2.86. The van der Waals surface area contributed by atoms with Crippen molar-refractivity contribution in [2.75, 3.05) is 25.3 Å². The summed E-state index contributed by atoms with van der Waals surface area (Å²) < 4.78 is 11.0. The highest BCUT2D eigenvalue weighted by Gasteiger charge is 2.26. The zero-order valence-corrected chi connectivity index (χ0v) is 18.6. The van der Waals surface area contributed by atoms with Gasteiger partial charge in [0.2, 0.25) is 5.95 Å². The first-order chi connectivity index (χ1) is 15.6. The fraction of sp³-hybridized carbons (Fsp3) is 0.250. The molecule has 1 atom stereocenters. The molecule has 4 rings (SSSR count). The molecule has 0 spiro atoms. The Balaban J connectivity index is 0.00000141. The molecule has 1 amide bonds. The first kappa shape index (κ1) is 22.9. The van der Waals surface area contributed by atoms with Crippen molar-refractivity contribution in [2.45, 2.75) is 26.4 Å². The number of aromatic nitrogens is 3. The van der Waals surface area contributed by atoms with Gasteiger partial charge in [0, 0.05) is 36.5 Å². The van der Waals surface area contributed by atoms with Gasteiger partial charge in [-0.2, -0.15) is 0 Å². The van der Waals surface area contributed by atoms with Crippen molar-refractivity contribution in [3.63, 3.8) is 0 Å². The number of amides is 1. The van der Waals surface area contributed by atoms with Gasteiger partial charge in [0.05, 0.1) is 18.5 Å². The molecule has 0 saturated heterocycles. The molecular weight excluding hydrogens is 406 g/mol. The topological polar surface area (TPSA) is 112 Å². The number of ether oxygens (including phenoxy) is 2. The number of benzene rings is 1. The summed E-state index contributed by atoms with van der Waals surface area (Å²) in [7, 11) is 3.23. The number of anilines is 2. The number of rotatable bonds is 5. The molecule has 0 bridgehead atoms. The smallest absolute Gasteiger partial charge is 0.274 e. The zero-order chi connectivity index (χ0) is 23.1. The van der Waals surface area contributed by atoms with E-state index in [1.54, 1.807) is 44.7 Å². The normalized spacial score (nSPS) is 14.4. The quantitative estimate of drug-likeness (QED) is 0.626. The second kappa shape index (κ2) is 10.5. The SMILES string of the molecule is CC.COC1=Cc2c(nc(N)nc2-c2cccc(NC(=O)c3ccccn3)c2)CC1OC. The molecule has 0 radical (unpaired) electrons. The molecule has 1 unspecified atom stereocenters. The van der Waals surface area contributed by atoms with Gasteiger partial charge >= 0.3 is 0 Å². The largest absolute Gasteiger partial charge is 0.498 e. The predicted octanol–water partition coefficient (Wildman–Crippen LogP) is 3.96. The monoisotopic (exact) mass is 433 g/mol. The summed E-state index contributed by atoms with van der Waals surface area (Å²) in [6.45, 7) is 4.00. The minimum Gasteiger partial charge on any atom is -0.498 e. The highest BCUT2D eigenvalue weighted by atomic mass is 16.5. The molecule has 1 aliphatic carbocycles. The Hall–Kier alpha value is -3.78. The molecule has 1 aromatic carbocycles. The Morgan fingerprint density at radius 2 is 1.94 bits per heavy atom. The highest BCUT2D eigenvalue weighted by Crippen LogP contribution is 2.33. The Bertz CT molecular complexity index is 1120. The number of nitrogens with zero attached hydrogens (tertiary/aromatic N) is 3. The van der Waals surface area contributed by atoms with Gasteiger partial charge in [0.1, 0.15) is 17.6 Å². The molecular formula is C24H27N5O3. The summed E-state index contributed by atoms with van der Waals surface area (Å²) in [4.78, 5) is 25.4. The van der Waals surface area contributed by atoms with E-state index in [-0.39, 0.29) is 18.0 Å². The van der Waals surface area contributed by atoms with Crippen LogP contribution < -0.4 is 11.1 Å². The number of hydrogen-bond donors (Lipinski definition) is 2. The van der Waals surface area contributed by atoms with Crippen LogP contribution in [0.5, 0.6) is 0 Å². The molecule has 166 valence electrons. The number of carbonyl (C=O) groups excluding carboxylic acids is 1. The van der Waals surface area contributed by atoms with Crippen molar-refractivity contribution in [1.29, 1.82) is 0 Å². The number of nitrogen functional groups attached to an aromatic ring is 1. The molecule has 2 heterocycles. The van der Waals surface area contributed by atoms with Crippen LogP contribution in [-0.4, -0.2) is 41.2 Å². The molecule has 0 fully saturated rings. The van der Waals surface area contributed by atoms with Crippen LogP contribution in [0.2, 0.25) is 0 Å². The van der Waals surface area contributed by atoms with Gasteiger partial charge in [-0.1, -0.05) is 32.0 Å². The fourth-order valence-electron chi connectivity index (χ4n) is 3.40. The maximum Gasteiger partial charge on any atom is 0.274 e. The van der Waals surface area contributed by atoms with E-state index in [4.69, 9.17) is 15.2 Å². The summed E-state index contributed by atoms with van der Waals surface area (Å²) in [5.74, 6) is 0.580. The second-order valence-electron chi connectivity index (χ2n) is 6.72.